The van der Waals surface area contributed by atoms with Crippen LogP contribution in [0.4, 0.5) is 21.5 Å². The van der Waals surface area contributed by atoms with E-state index in [9.17, 15) is 22.4 Å². The first-order valence-electron chi connectivity index (χ1n) is 10.8. The zero-order chi connectivity index (χ0) is 24.3. The molecule has 34 heavy (non-hydrogen) atoms. The maximum absolute atomic E-state index is 13.9. The van der Waals surface area contributed by atoms with Crippen LogP contribution < -0.4 is 14.9 Å². The summed E-state index contributed by atoms with van der Waals surface area (Å²) in [6, 6.07) is 17.2. The van der Waals surface area contributed by atoms with Crippen molar-refractivity contribution < 1.29 is 22.4 Å². The molecule has 0 aromatic heterocycles. The highest BCUT2D eigenvalue weighted by atomic mass is 32.2. The second-order valence-electron chi connectivity index (χ2n) is 8.11. The van der Waals surface area contributed by atoms with Gasteiger partial charge in [-0.15, -0.1) is 0 Å². The minimum Gasteiger partial charge on any atom is -0.326 e. The van der Waals surface area contributed by atoms with E-state index in [4.69, 9.17) is 0 Å². The van der Waals surface area contributed by atoms with Crippen molar-refractivity contribution in [1.29, 1.82) is 0 Å². The van der Waals surface area contributed by atoms with E-state index in [1.165, 1.54) is 24.3 Å². The lowest BCUT2D eigenvalue weighted by Crippen LogP contribution is -2.23. The van der Waals surface area contributed by atoms with Crippen LogP contribution in [0.5, 0.6) is 0 Å². The molecule has 1 fully saturated rings. The van der Waals surface area contributed by atoms with Crippen LogP contribution in [-0.4, -0.2) is 26.8 Å². The molecule has 7 nitrogen and oxygen atoms in total. The lowest BCUT2D eigenvalue weighted by atomic mass is 10.1. The van der Waals surface area contributed by atoms with Crippen molar-refractivity contribution in [3.63, 3.8) is 0 Å². The highest BCUT2D eigenvalue weighted by molar-refractivity contribution is 7.92. The zero-order valence-corrected chi connectivity index (χ0v) is 19.4. The van der Waals surface area contributed by atoms with Gasteiger partial charge in [0.1, 0.15) is 5.82 Å². The quantitative estimate of drug-likeness (QED) is 0.528. The van der Waals surface area contributed by atoms with E-state index in [2.05, 4.69) is 10.0 Å². The fourth-order valence-electron chi connectivity index (χ4n) is 3.82. The Hall–Kier alpha value is -3.72. The molecule has 0 bridgehead atoms. The molecule has 9 heteroatoms. The van der Waals surface area contributed by atoms with E-state index in [0.29, 0.717) is 24.2 Å². The molecule has 1 aliphatic heterocycles. The van der Waals surface area contributed by atoms with E-state index < -0.39 is 15.8 Å². The van der Waals surface area contributed by atoms with Gasteiger partial charge in [0.25, 0.3) is 10.0 Å². The number of carbonyl (C=O) groups is 2. The summed E-state index contributed by atoms with van der Waals surface area (Å²) in [4.78, 5) is 26.1. The minimum absolute atomic E-state index is 0.0619. The lowest BCUT2D eigenvalue weighted by molar-refractivity contribution is -0.117. The van der Waals surface area contributed by atoms with Gasteiger partial charge in [-0.3, -0.25) is 14.3 Å². The molecule has 2 amide bonds. The third-order valence-electron chi connectivity index (χ3n) is 5.57. The monoisotopic (exact) mass is 481 g/mol. The van der Waals surface area contributed by atoms with Crippen LogP contribution in [0.15, 0.2) is 71.6 Å². The number of para-hydroxylation sites is 1. The standard InChI is InChI=1S/C25H24FN3O4S/c1-17-8-11-19(16-23(17)34(32,33)28-22-6-3-2-5-21(22)26)27-24(30)15-18-9-12-20(13-10-18)29-14-4-7-25(29)31/h2-3,5-6,8-13,16,28H,4,7,14-15H2,1H3,(H,27,30). The molecule has 1 saturated heterocycles. The molecular formula is C25H24FN3O4S. The molecule has 0 atom stereocenters. The predicted molar refractivity (Wildman–Crippen MR) is 129 cm³/mol. The molecule has 0 saturated carbocycles. The normalized spacial score (nSPS) is 13.7. The molecule has 0 radical (unpaired) electrons. The van der Waals surface area contributed by atoms with Gasteiger partial charge in [-0.2, -0.15) is 0 Å². The van der Waals surface area contributed by atoms with Gasteiger partial charge in [0.05, 0.1) is 17.0 Å². The molecule has 1 aliphatic rings. The summed E-state index contributed by atoms with van der Waals surface area (Å²) in [6.07, 6.45) is 1.47. The topological polar surface area (TPSA) is 95.6 Å². The largest absolute Gasteiger partial charge is 0.326 e. The number of aryl methyl sites for hydroxylation is 1. The summed E-state index contributed by atoms with van der Waals surface area (Å²) < 4.78 is 41.9. The number of benzene rings is 3. The molecule has 0 spiro atoms. The summed E-state index contributed by atoms with van der Waals surface area (Å²) in [5, 5.41) is 2.71. The van der Waals surface area contributed by atoms with Crippen LogP contribution in [0.3, 0.4) is 0 Å². The first-order valence-corrected chi connectivity index (χ1v) is 12.3. The van der Waals surface area contributed by atoms with E-state index in [1.54, 1.807) is 36.1 Å². The number of nitrogens with one attached hydrogen (secondary N) is 2. The predicted octanol–water partition coefficient (Wildman–Crippen LogP) is 4.24. The summed E-state index contributed by atoms with van der Waals surface area (Å²) in [5.74, 6) is -0.910. The number of hydrogen-bond donors (Lipinski definition) is 2. The van der Waals surface area contributed by atoms with Crippen LogP contribution in [0.1, 0.15) is 24.0 Å². The van der Waals surface area contributed by atoms with Crippen molar-refractivity contribution in [3.05, 3.63) is 83.7 Å². The molecule has 4 rings (SSSR count). The maximum atomic E-state index is 13.9. The average Bonchev–Trinajstić information content (AvgIpc) is 3.23. The van der Waals surface area contributed by atoms with E-state index in [0.717, 1.165) is 23.7 Å². The Kier molecular flexibility index (Phi) is 6.65. The second kappa shape index (κ2) is 9.64. The zero-order valence-electron chi connectivity index (χ0n) is 18.5. The highest BCUT2D eigenvalue weighted by Crippen LogP contribution is 2.25. The Balaban J connectivity index is 1.45. The average molecular weight is 482 g/mol. The van der Waals surface area contributed by atoms with Crippen molar-refractivity contribution in [3.8, 4) is 0 Å². The molecular weight excluding hydrogens is 457 g/mol. The number of carbonyl (C=O) groups excluding carboxylic acids is 2. The molecule has 3 aromatic carbocycles. The number of rotatable bonds is 7. The van der Waals surface area contributed by atoms with Crippen LogP contribution in [-0.2, 0) is 26.0 Å². The van der Waals surface area contributed by atoms with Crippen LogP contribution in [0.25, 0.3) is 0 Å². The van der Waals surface area contributed by atoms with Gasteiger partial charge in [-0.1, -0.05) is 30.3 Å². The number of amides is 2. The molecule has 3 aromatic rings. The first kappa shape index (κ1) is 23.4. The van der Waals surface area contributed by atoms with E-state index in [1.807, 2.05) is 12.1 Å². The van der Waals surface area contributed by atoms with Crippen molar-refractivity contribution in [2.75, 3.05) is 21.5 Å². The van der Waals surface area contributed by atoms with Gasteiger partial charge in [0, 0.05) is 24.3 Å². The Bertz CT molecular complexity index is 1340. The molecule has 0 aliphatic carbocycles. The minimum atomic E-state index is -4.07. The Morgan fingerprint density at radius 3 is 2.47 bits per heavy atom. The van der Waals surface area contributed by atoms with E-state index >= 15 is 0 Å². The Labute approximate surface area is 197 Å². The smallest absolute Gasteiger partial charge is 0.262 e. The van der Waals surface area contributed by atoms with Gasteiger partial charge in [0.2, 0.25) is 11.8 Å². The van der Waals surface area contributed by atoms with Crippen molar-refractivity contribution in [2.45, 2.75) is 31.1 Å². The van der Waals surface area contributed by atoms with Gasteiger partial charge >= 0.3 is 0 Å². The SMILES string of the molecule is Cc1ccc(NC(=O)Cc2ccc(N3CCCC3=O)cc2)cc1S(=O)(=O)Nc1ccccc1F. The van der Waals surface area contributed by atoms with Crippen LogP contribution in [0, 0.1) is 12.7 Å². The van der Waals surface area contributed by atoms with Gasteiger partial charge in [-0.05, 0) is 60.9 Å². The van der Waals surface area contributed by atoms with Crippen LogP contribution in [0.2, 0.25) is 0 Å². The molecule has 0 unspecified atom stereocenters. The third kappa shape index (κ3) is 5.26. The van der Waals surface area contributed by atoms with Crippen LogP contribution >= 0.6 is 0 Å². The number of halogens is 1. The third-order valence-corrected chi connectivity index (χ3v) is 7.07. The van der Waals surface area contributed by atoms with Crippen molar-refractivity contribution in [2.24, 2.45) is 0 Å². The summed E-state index contributed by atoms with van der Waals surface area (Å²) in [7, 11) is -4.07. The lowest BCUT2D eigenvalue weighted by Gasteiger charge is -2.16. The summed E-state index contributed by atoms with van der Waals surface area (Å²) in [6.45, 7) is 2.32. The fourth-order valence-corrected chi connectivity index (χ4v) is 5.16. The summed E-state index contributed by atoms with van der Waals surface area (Å²) >= 11 is 0. The Morgan fingerprint density at radius 1 is 1.06 bits per heavy atom. The maximum Gasteiger partial charge on any atom is 0.262 e. The van der Waals surface area contributed by atoms with E-state index in [-0.39, 0.29) is 28.8 Å². The number of anilines is 3. The van der Waals surface area contributed by atoms with Gasteiger partial charge < -0.3 is 10.2 Å². The molecule has 176 valence electrons. The van der Waals surface area contributed by atoms with Gasteiger partial charge in [-0.25, -0.2) is 12.8 Å². The molecule has 1 heterocycles. The van der Waals surface area contributed by atoms with Crippen molar-refractivity contribution >= 4 is 38.9 Å². The Morgan fingerprint density at radius 2 is 1.79 bits per heavy atom. The summed E-state index contributed by atoms with van der Waals surface area (Å²) in [5.41, 5.74) is 2.17. The number of nitrogens with zero attached hydrogens (tertiary/aromatic N) is 1. The highest BCUT2D eigenvalue weighted by Gasteiger charge is 2.22. The number of hydrogen-bond acceptors (Lipinski definition) is 4. The van der Waals surface area contributed by atoms with Gasteiger partial charge in [0.15, 0.2) is 0 Å². The second-order valence-corrected chi connectivity index (χ2v) is 9.76. The number of sulfonamides is 1. The molecule has 2 N–H and O–H groups in total. The first-order chi connectivity index (χ1) is 16.2. The van der Waals surface area contributed by atoms with Crippen molar-refractivity contribution in [1.82, 2.24) is 0 Å². The fraction of sp³-hybridized carbons (Fsp3) is 0.200.